The Morgan fingerprint density at radius 1 is 1.50 bits per heavy atom. The molecule has 0 heterocycles. The molecule has 3 heteroatoms. The van der Waals surface area contributed by atoms with Crippen molar-refractivity contribution in [1.29, 1.82) is 0 Å². The lowest BCUT2D eigenvalue weighted by Gasteiger charge is -2.12. The fraction of sp³-hybridized carbons (Fsp3) is 0.333. The van der Waals surface area contributed by atoms with Gasteiger partial charge in [0.25, 0.3) is 0 Å². The third-order valence-corrected chi connectivity index (χ3v) is 3.25. The Hall–Kier alpha value is 0.390. The monoisotopic (exact) mass is 339 g/mol. The van der Waals surface area contributed by atoms with Crippen LogP contribution in [-0.4, -0.2) is 7.05 Å². The quantitative estimate of drug-likeness (QED) is 0.815. The lowest BCUT2D eigenvalue weighted by Crippen LogP contribution is -2.12. The Morgan fingerprint density at radius 3 is 2.75 bits per heavy atom. The third kappa shape index (κ3) is 2.44. The van der Waals surface area contributed by atoms with Gasteiger partial charge >= 0.3 is 0 Å². The van der Waals surface area contributed by atoms with Crippen molar-refractivity contribution in [1.82, 2.24) is 5.32 Å². The minimum absolute atomic E-state index is 0.397. The molecular weight excluding hydrogens is 329 g/mol. The van der Waals surface area contributed by atoms with Crippen molar-refractivity contribution < 1.29 is 0 Å². The van der Waals surface area contributed by atoms with E-state index in [-0.39, 0.29) is 0 Å². The highest BCUT2D eigenvalue weighted by Gasteiger charge is 2.06. The predicted octanol–water partition coefficient (Wildman–Crippen LogP) is 3.33. The first-order valence-corrected chi connectivity index (χ1v) is 5.64. The summed E-state index contributed by atoms with van der Waals surface area (Å²) in [7, 11) is 1.97. The maximum Gasteiger partial charge on any atom is 0.0300 e. The smallest absolute Gasteiger partial charge is 0.0300 e. The van der Waals surface area contributed by atoms with Crippen LogP contribution < -0.4 is 5.32 Å². The van der Waals surface area contributed by atoms with Gasteiger partial charge < -0.3 is 5.32 Å². The summed E-state index contributed by atoms with van der Waals surface area (Å²) in [5.74, 6) is 0. The fourth-order valence-corrected chi connectivity index (χ4v) is 2.11. The Balaban J connectivity index is 3.04. The Bertz CT molecular complexity index is 275. The molecule has 1 nitrogen and oxygen atoms in total. The van der Waals surface area contributed by atoms with E-state index in [9.17, 15) is 0 Å². The molecule has 0 bridgehead atoms. The maximum absolute atomic E-state index is 3.53. The van der Waals surface area contributed by atoms with Gasteiger partial charge in [-0.2, -0.15) is 0 Å². The predicted molar refractivity (Wildman–Crippen MR) is 64.3 cm³/mol. The van der Waals surface area contributed by atoms with E-state index >= 15 is 0 Å². The zero-order valence-electron chi connectivity index (χ0n) is 7.07. The second-order valence-corrected chi connectivity index (χ2v) is 4.78. The molecule has 66 valence electrons. The molecule has 1 atom stereocenters. The van der Waals surface area contributed by atoms with Crippen LogP contribution in [0, 0.1) is 3.57 Å². The van der Waals surface area contributed by atoms with Crippen LogP contribution in [0.1, 0.15) is 18.5 Å². The van der Waals surface area contributed by atoms with E-state index in [1.165, 1.54) is 13.6 Å². The van der Waals surface area contributed by atoms with Crippen LogP contribution in [0.3, 0.4) is 0 Å². The van der Waals surface area contributed by atoms with E-state index in [1.54, 1.807) is 0 Å². The first-order valence-electron chi connectivity index (χ1n) is 3.77. The summed E-state index contributed by atoms with van der Waals surface area (Å²) < 4.78 is 2.44. The van der Waals surface area contributed by atoms with Crippen LogP contribution in [-0.2, 0) is 0 Å². The second kappa shape index (κ2) is 4.58. The number of nitrogens with one attached hydrogen (secondary N) is 1. The lowest BCUT2D eigenvalue weighted by molar-refractivity contribution is 0.649. The van der Waals surface area contributed by atoms with Crippen molar-refractivity contribution in [2.24, 2.45) is 0 Å². The van der Waals surface area contributed by atoms with E-state index < -0.39 is 0 Å². The van der Waals surface area contributed by atoms with Crippen molar-refractivity contribution in [3.63, 3.8) is 0 Å². The van der Waals surface area contributed by atoms with Crippen LogP contribution in [0.25, 0.3) is 0 Å². The van der Waals surface area contributed by atoms with Gasteiger partial charge in [-0.15, -0.1) is 0 Å². The zero-order chi connectivity index (χ0) is 9.14. The van der Waals surface area contributed by atoms with Gasteiger partial charge in [0.15, 0.2) is 0 Å². The zero-order valence-corrected chi connectivity index (χ0v) is 10.8. The molecule has 0 unspecified atom stereocenters. The summed E-state index contributed by atoms with van der Waals surface area (Å²) in [5, 5.41) is 3.22. The molecular formula is C9H11BrIN. The summed E-state index contributed by atoms with van der Waals surface area (Å²) in [6.07, 6.45) is 0. The van der Waals surface area contributed by atoms with Gasteiger partial charge in [0.2, 0.25) is 0 Å². The standard InChI is InChI=1S/C9H11BrIN/c1-6(12-2)8-5-7(11)3-4-9(8)10/h3-6,12H,1-2H3/t6-/m0/s1. The summed E-state index contributed by atoms with van der Waals surface area (Å²) >= 11 is 5.85. The van der Waals surface area contributed by atoms with Gasteiger partial charge in [0.1, 0.15) is 0 Å². The normalized spacial score (nSPS) is 13.0. The highest BCUT2D eigenvalue weighted by molar-refractivity contribution is 14.1. The highest BCUT2D eigenvalue weighted by Crippen LogP contribution is 2.24. The van der Waals surface area contributed by atoms with Crippen molar-refractivity contribution in [2.75, 3.05) is 7.05 Å². The molecule has 0 amide bonds. The van der Waals surface area contributed by atoms with Crippen LogP contribution >= 0.6 is 38.5 Å². The summed E-state index contributed by atoms with van der Waals surface area (Å²) in [5.41, 5.74) is 1.31. The molecule has 1 aromatic rings. The van der Waals surface area contributed by atoms with E-state index in [1.807, 2.05) is 7.05 Å². The first kappa shape index (κ1) is 10.5. The number of benzene rings is 1. The molecule has 0 aliphatic carbocycles. The van der Waals surface area contributed by atoms with Crippen LogP contribution in [0.5, 0.6) is 0 Å². The summed E-state index contributed by atoms with van der Waals surface area (Å²) in [6.45, 7) is 2.15. The summed E-state index contributed by atoms with van der Waals surface area (Å²) in [6, 6.07) is 6.77. The highest BCUT2D eigenvalue weighted by atomic mass is 127. The Morgan fingerprint density at radius 2 is 2.17 bits per heavy atom. The van der Waals surface area contributed by atoms with Crippen LogP contribution in [0.2, 0.25) is 0 Å². The Labute approximate surface area is 95.2 Å². The average molecular weight is 340 g/mol. The van der Waals surface area contributed by atoms with Gasteiger partial charge in [0.05, 0.1) is 0 Å². The minimum Gasteiger partial charge on any atom is -0.313 e. The van der Waals surface area contributed by atoms with Gasteiger partial charge in [-0.1, -0.05) is 15.9 Å². The topological polar surface area (TPSA) is 12.0 Å². The van der Waals surface area contributed by atoms with E-state index in [0.717, 1.165) is 0 Å². The summed E-state index contributed by atoms with van der Waals surface area (Å²) in [4.78, 5) is 0. The lowest BCUT2D eigenvalue weighted by atomic mass is 10.1. The number of hydrogen-bond donors (Lipinski definition) is 1. The van der Waals surface area contributed by atoms with Gasteiger partial charge in [-0.3, -0.25) is 0 Å². The molecule has 0 aliphatic heterocycles. The second-order valence-electron chi connectivity index (χ2n) is 2.68. The molecule has 0 fully saturated rings. The number of rotatable bonds is 2. The molecule has 0 saturated heterocycles. The number of halogens is 2. The molecule has 0 radical (unpaired) electrons. The fourth-order valence-electron chi connectivity index (χ4n) is 1.00. The SMILES string of the molecule is CN[C@@H](C)c1cc(I)ccc1Br. The van der Waals surface area contributed by atoms with Gasteiger partial charge in [-0.25, -0.2) is 0 Å². The van der Waals surface area contributed by atoms with E-state index in [2.05, 4.69) is 69.0 Å². The Kier molecular flexibility index (Phi) is 3.99. The maximum atomic E-state index is 3.53. The van der Waals surface area contributed by atoms with Gasteiger partial charge in [0, 0.05) is 14.1 Å². The van der Waals surface area contributed by atoms with E-state index in [4.69, 9.17) is 0 Å². The third-order valence-electron chi connectivity index (χ3n) is 1.86. The molecule has 1 rings (SSSR count). The average Bonchev–Trinajstić information content (AvgIpc) is 2.08. The molecule has 1 aromatic carbocycles. The van der Waals surface area contributed by atoms with Crippen LogP contribution in [0.4, 0.5) is 0 Å². The molecule has 12 heavy (non-hydrogen) atoms. The first-order chi connectivity index (χ1) is 5.65. The minimum atomic E-state index is 0.397. The molecule has 0 saturated carbocycles. The molecule has 0 aliphatic rings. The van der Waals surface area contributed by atoms with Crippen molar-refractivity contribution >= 4 is 38.5 Å². The molecule has 1 N–H and O–H groups in total. The van der Waals surface area contributed by atoms with Crippen molar-refractivity contribution in [2.45, 2.75) is 13.0 Å². The largest absolute Gasteiger partial charge is 0.313 e. The molecule has 0 aromatic heterocycles. The van der Waals surface area contributed by atoms with E-state index in [0.29, 0.717) is 6.04 Å². The van der Waals surface area contributed by atoms with Crippen molar-refractivity contribution in [3.05, 3.63) is 31.8 Å². The number of hydrogen-bond acceptors (Lipinski definition) is 1. The van der Waals surface area contributed by atoms with Crippen molar-refractivity contribution in [3.8, 4) is 0 Å². The van der Waals surface area contributed by atoms with Gasteiger partial charge in [-0.05, 0) is 60.3 Å². The van der Waals surface area contributed by atoms with Crippen LogP contribution in [0.15, 0.2) is 22.7 Å². The molecule has 0 spiro atoms.